The van der Waals surface area contributed by atoms with Crippen LogP contribution in [0.3, 0.4) is 0 Å². The summed E-state index contributed by atoms with van der Waals surface area (Å²) in [6.45, 7) is 9.27. The molecule has 0 fully saturated rings. The molecule has 0 aromatic carbocycles. The van der Waals surface area contributed by atoms with Gasteiger partial charge in [0, 0.05) is 30.5 Å². The molecular formula is C27H31N9OS. The van der Waals surface area contributed by atoms with Gasteiger partial charge in [0.25, 0.3) is 5.91 Å². The van der Waals surface area contributed by atoms with Gasteiger partial charge in [-0.2, -0.15) is 10.2 Å². The van der Waals surface area contributed by atoms with Crippen LogP contribution in [0.4, 0.5) is 5.82 Å². The molecule has 0 saturated carbocycles. The van der Waals surface area contributed by atoms with Crippen LogP contribution in [0.1, 0.15) is 36.8 Å². The van der Waals surface area contributed by atoms with Crippen molar-refractivity contribution < 1.29 is 4.79 Å². The van der Waals surface area contributed by atoms with Crippen molar-refractivity contribution in [3.05, 3.63) is 71.6 Å². The summed E-state index contributed by atoms with van der Waals surface area (Å²) < 4.78 is 1.73. The second kappa shape index (κ2) is 11.5. The summed E-state index contributed by atoms with van der Waals surface area (Å²) in [6.07, 6.45) is 5.40. The zero-order valence-corrected chi connectivity index (χ0v) is 22.5. The van der Waals surface area contributed by atoms with Crippen molar-refractivity contribution in [1.29, 1.82) is 0 Å². The molecule has 196 valence electrons. The number of anilines is 1. The Kier molecular flexibility index (Phi) is 7.75. The van der Waals surface area contributed by atoms with Gasteiger partial charge in [0.2, 0.25) is 0 Å². The number of likely N-dealkylation sites (N-methyl/N-ethyl adjacent to an activating group) is 1. The van der Waals surface area contributed by atoms with Gasteiger partial charge < -0.3 is 10.6 Å². The highest BCUT2D eigenvalue weighted by atomic mass is 32.1. The van der Waals surface area contributed by atoms with Gasteiger partial charge in [0.15, 0.2) is 5.65 Å². The van der Waals surface area contributed by atoms with Crippen LogP contribution >= 0.6 is 11.3 Å². The van der Waals surface area contributed by atoms with Crippen molar-refractivity contribution in [3.63, 3.8) is 0 Å². The Morgan fingerprint density at radius 3 is 2.76 bits per heavy atom. The molecule has 0 saturated heterocycles. The number of aromatic nitrogens is 6. The topological polar surface area (TPSA) is 116 Å². The first kappa shape index (κ1) is 25.6. The van der Waals surface area contributed by atoms with E-state index in [0.717, 1.165) is 34.9 Å². The number of carbonyl (C=O) groups is 1. The summed E-state index contributed by atoms with van der Waals surface area (Å²) in [7, 11) is 0. The first-order chi connectivity index (χ1) is 18.6. The Hall–Kier alpha value is -4.09. The number of fused-ring (bicyclic) bond motifs is 1. The van der Waals surface area contributed by atoms with Gasteiger partial charge in [0.05, 0.1) is 40.3 Å². The van der Waals surface area contributed by atoms with E-state index in [4.69, 9.17) is 9.97 Å². The summed E-state index contributed by atoms with van der Waals surface area (Å²) in [5.41, 5.74) is 4.26. The lowest BCUT2D eigenvalue weighted by molar-refractivity contribution is 0.0938. The van der Waals surface area contributed by atoms with Crippen molar-refractivity contribution >= 4 is 28.7 Å². The van der Waals surface area contributed by atoms with Gasteiger partial charge in [-0.05, 0) is 55.7 Å². The van der Waals surface area contributed by atoms with Gasteiger partial charge in [-0.15, -0.1) is 11.3 Å². The van der Waals surface area contributed by atoms with Crippen molar-refractivity contribution in [3.8, 4) is 21.8 Å². The monoisotopic (exact) mass is 529 g/mol. The van der Waals surface area contributed by atoms with Gasteiger partial charge in [-0.3, -0.25) is 14.8 Å². The third kappa shape index (κ3) is 5.58. The lowest BCUT2D eigenvalue weighted by atomic mass is 10.1. The molecule has 0 aliphatic rings. The highest BCUT2D eigenvalue weighted by Crippen LogP contribution is 2.28. The maximum Gasteiger partial charge on any atom is 0.251 e. The van der Waals surface area contributed by atoms with E-state index in [2.05, 4.69) is 51.6 Å². The van der Waals surface area contributed by atoms with E-state index in [1.54, 1.807) is 40.4 Å². The van der Waals surface area contributed by atoms with Gasteiger partial charge in [0.1, 0.15) is 5.82 Å². The second-order valence-corrected chi connectivity index (χ2v) is 9.89. The maximum absolute atomic E-state index is 13.3. The molecule has 10 nitrogen and oxygen atoms in total. The molecule has 5 heterocycles. The molecular weight excluding hydrogens is 498 g/mol. The number of thiophene rings is 1. The zero-order valence-electron chi connectivity index (χ0n) is 21.7. The number of nitrogens with one attached hydrogen (secondary N) is 3. The number of hydrogen-bond donors (Lipinski definition) is 3. The lowest BCUT2D eigenvalue weighted by Crippen LogP contribution is -2.42. The average molecular weight is 530 g/mol. The van der Waals surface area contributed by atoms with Crippen LogP contribution in [-0.2, 0) is 6.54 Å². The molecule has 5 aromatic heterocycles. The van der Waals surface area contributed by atoms with Crippen LogP contribution in [0, 0.1) is 0 Å². The number of H-pyrrole nitrogens is 1. The molecule has 11 heteroatoms. The standard InChI is InChI=1S/C27H31N9OS/c1-4-35(5-2)18(3)15-29-27(37)19-13-23(32-25(14-19)28-16-20-8-10-30-34-20)21-17-31-36-11-9-22(33-26(21)36)24-7-6-12-38-24/h6-14,17-18H,4-5,15-16H2,1-3H3,(H,28,32)(H,29,37)(H,30,34)/t18-/m0/s1. The molecule has 0 bridgehead atoms. The van der Waals surface area contributed by atoms with Crippen LogP contribution in [0.5, 0.6) is 0 Å². The molecule has 38 heavy (non-hydrogen) atoms. The maximum atomic E-state index is 13.3. The van der Waals surface area contributed by atoms with E-state index in [1.807, 2.05) is 35.8 Å². The van der Waals surface area contributed by atoms with Crippen molar-refractivity contribution in [2.45, 2.75) is 33.4 Å². The third-order valence-corrected chi connectivity index (χ3v) is 7.40. The third-order valence-electron chi connectivity index (χ3n) is 6.51. The van der Waals surface area contributed by atoms with Crippen LogP contribution in [-0.4, -0.2) is 66.3 Å². The van der Waals surface area contributed by atoms with Crippen LogP contribution in [0.25, 0.3) is 27.5 Å². The van der Waals surface area contributed by atoms with Gasteiger partial charge in [-0.1, -0.05) is 19.9 Å². The van der Waals surface area contributed by atoms with E-state index >= 15 is 0 Å². The predicted octanol–water partition coefficient (Wildman–Crippen LogP) is 4.32. The number of aromatic amines is 1. The zero-order chi connectivity index (χ0) is 26.5. The fourth-order valence-corrected chi connectivity index (χ4v) is 5.09. The number of amides is 1. The highest BCUT2D eigenvalue weighted by Gasteiger charge is 2.18. The molecule has 0 aliphatic carbocycles. The molecule has 1 atom stereocenters. The number of carbonyl (C=O) groups excluding carboxylic acids is 1. The van der Waals surface area contributed by atoms with Crippen LogP contribution < -0.4 is 10.6 Å². The van der Waals surface area contributed by atoms with Crippen LogP contribution in [0.15, 0.2) is 60.4 Å². The Bertz CT molecular complexity index is 1490. The van der Waals surface area contributed by atoms with Crippen LogP contribution in [0.2, 0.25) is 0 Å². The highest BCUT2D eigenvalue weighted by molar-refractivity contribution is 7.13. The molecule has 0 spiro atoms. The molecule has 3 N–H and O–H groups in total. The SMILES string of the molecule is CCN(CC)[C@@H](C)CNC(=O)c1cc(NCc2cc[nH]n2)nc(-c2cnn3ccc(-c4cccs4)nc23)c1. The second-order valence-electron chi connectivity index (χ2n) is 8.94. The molecule has 1 amide bonds. The molecule has 5 aromatic rings. The van der Waals surface area contributed by atoms with Crippen molar-refractivity contribution in [2.24, 2.45) is 0 Å². The van der Waals surface area contributed by atoms with E-state index < -0.39 is 0 Å². The van der Waals surface area contributed by atoms with E-state index in [0.29, 0.717) is 35.8 Å². The number of nitrogens with zero attached hydrogens (tertiary/aromatic N) is 6. The van der Waals surface area contributed by atoms with Crippen molar-refractivity contribution in [1.82, 2.24) is 40.0 Å². The molecule has 0 radical (unpaired) electrons. The van der Waals surface area contributed by atoms with Gasteiger partial charge in [-0.25, -0.2) is 14.5 Å². The number of pyridine rings is 1. The van der Waals surface area contributed by atoms with E-state index in [1.165, 1.54) is 0 Å². The first-order valence-electron chi connectivity index (χ1n) is 12.7. The summed E-state index contributed by atoms with van der Waals surface area (Å²) >= 11 is 1.63. The van der Waals surface area contributed by atoms with Gasteiger partial charge >= 0.3 is 0 Å². The fourth-order valence-electron chi connectivity index (χ4n) is 4.39. The summed E-state index contributed by atoms with van der Waals surface area (Å²) in [6, 6.07) is 11.7. The largest absolute Gasteiger partial charge is 0.364 e. The molecule has 0 aliphatic heterocycles. The fraction of sp³-hybridized carbons (Fsp3) is 0.296. The minimum atomic E-state index is -0.154. The summed E-state index contributed by atoms with van der Waals surface area (Å²) in [5.74, 6) is 0.417. The Morgan fingerprint density at radius 2 is 2.03 bits per heavy atom. The first-order valence-corrected chi connectivity index (χ1v) is 13.6. The lowest BCUT2D eigenvalue weighted by Gasteiger charge is -2.26. The minimum Gasteiger partial charge on any atom is -0.364 e. The predicted molar refractivity (Wildman–Crippen MR) is 150 cm³/mol. The van der Waals surface area contributed by atoms with E-state index in [-0.39, 0.29) is 11.9 Å². The average Bonchev–Trinajstić information content (AvgIpc) is 3.73. The molecule has 5 rings (SSSR count). The summed E-state index contributed by atoms with van der Waals surface area (Å²) in [5, 5.41) is 19.9. The van der Waals surface area contributed by atoms with E-state index in [9.17, 15) is 4.79 Å². The Morgan fingerprint density at radius 1 is 1.16 bits per heavy atom. The number of rotatable bonds is 11. The normalized spacial score (nSPS) is 12.2. The van der Waals surface area contributed by atoms with Crippen molar-refractivity contribution in [2.75, 3.05) is 25.0 Å². The number of hydrogen-bond acceptors (Lipinski definition) is 8. The minimum absolute atomic E-state index is 0.154. The smallest absolute Gasteiger partial charge is 0.251 e. The molecule has 0 unspecified atom stereocenters. The Balaban J connectivity index is 1.48. The quantitative estimate of drug-likeness (QED) is 0.233. The summed E-state index contributed by atoms with van der Waals surface area (Å²) in [4.78, 5) is 26.4. The Labute approximate surface area is 225 Å².